The third kappa shape index (κ3) is 4.35. The quantitative estimate of drug-likeness (QED) is 0.831. The van der Waals surface area contributed by atoms with E-state index in [1.807, 2.05) is 10.8 Å². The Balaban J connectivity index is 1.63. The number of likely N-dealkylation sites (tertiary alicyclic amines) is 1. The van der Waals surface area contributed by atoms with Crippen molar-refractivity contribution in [1.82, 2.24) is 14.5 Å². The second-order valence-corrected chi connectivity index (χ2v) is 6.74. The zero-order chi connectivity index (χ0) is 18.5. The number of ether oxygens (including phenoxy) is 1. The molecule has 0 saturated carbocycles. The summed E-state index contributed by atoms with van der Waals surface area (Å²) in [5, 5.41) is 3.12. The van der Waals surface area contributed by atoms with Gasteiger partial charge in [0.05, 0.1) is 24.0 Å². The Morgan fingerprint density at radius 1 is 1.42 bits per heavy atom. The first kappa shape index (κ1) is 18.3. The first-order chi connectivity index (χ1) is 12.6. The molecule has 138 valence electrons. The van der Waals surface area contributed by atoms with Gasteiger partial charge in [-0.15, -0.1) is 0 Å². The van der Waals surface area contributed by atoms with Crippen LogP contribution in [0.4, 0.5) is 10.5 Å². The number of amides is 2. The molecule has 1 saturated heterocycles. The van der Waals surface area contributed by atoms with Gasteiger partial charge in [0.2, 0.25) is 0 Å². The standard InChI is InChI=1S/C18H21ClN4O3/c1-26-17(24)15-9-14(4-5-16(15)19)21-18(25)23-7-2-3-13(11-23)10-22-8-6-20-12-22/h4-6,8-9,12-13H,2-3,7,10-11H2,1H3,(H,21,25). The van der Waals surface area contributed by atoms with Crippen LogP contribution in [0.25, 0.3) is 0 Å². The van der Waals surface area contributed by atoms with Gasteiger partial charge in [0, 0.05) is 37.7 Å². The summed E-state index contributed by atoms with van der Waals surface area (Å²) in [5.41, 5.74) is 0.736. The van der Waals surface area contributed by atoms with Crippen LogP contribution < -0.4 is 5.32 Å². The maximum atomic E-state index is 12.6. The maximum absolute atomic E-state index is 12.6. The number of imidazole rings is 1. The van der Waals surface area contributed by atoms with Crippen molar-refractivity contribution < 1.29 is 14.3 Å². The van der Waals surface area contributed by atoms with E-state index in [2.05, 4.69) is 10.3 Å². The molecule has 1 fully saturated rings. The van der Waals surface area contributed by atoms with E-state index in [4.69, 9.17) is 16.3 Å². The number of halogens is 1. The normalized spacial score (nSPS) is 17.0. The van der Waals surface area contributed by atoms with Crippen molar-refractivity contribution in [2.24, 2.45) is 5.92 Å². The Morgan fingerprint density at radius 2 is 2.27 bits per heavy atom. The SMILES string of the molecule is COC(=O)c1cc(NC(=O)N2CCCC(Cn3ccnc3)C2)ccc1Cl. The van der Waals surface area contributed by atoms with Gasteiger partial charge in [-0.05, 0) is 37.0 Å². The van der Waals surface area contributed by atoms with Gasteiger partial charge in [0.25, 0.3) is 0 Å². The molecule has 2 amide bonds. The van der Waals surface area contributed by atoms with E-state index < -0.39 is 5.97 Å². The molecule has 1 aromatic heterocycles. The zero-order valence-electron chi connectivity index (χ0n) is 14.5. The van der Waals surface area contributed by atoms with Crippen LogP contribution in [0.1, 0.15) is 23.2 Å². The number of nitrogens with zero attached hydrogens (tertiary/aromatic N) is 3. The van der Waals surface area contributed by atoms with Gasteiger partial charge in [0.15, 0.2) is 0 Å². The minimum atomic E-state index is -0.538. The third-order valence-corrected chi connectivity index (χ3v) is 4.79. The number of aromatic nitrogens is 2. The number of anilines is 1. The number of piperidine rings is 1. The minimum absolute atomic E-state index is 0.182. The molecule has 0 radical (unpaired) electrons. The van der Waals surface area contributed by atoms with Crippen LogP contribution in [0, 0.1) is 5.92 Å². The Bertz CT molecular complexity index is 779. The number of urea groups is 1. The minimum Gasteiger partial charge on any atom is -0.465 e. The Morgan fingerprint density at radius 3 is 3.00 bits per heavy atom. The molecular weight excluding hydrogens is 356 g/mol. The number of nitrogens with one attached hydrogen (secondary N) is 1. The van der Waals surface area contributed by atoms with Crippen LogP contribution in [0.3, 0.4) is 0 Å². The highest BCUT2D eigenvalue weighted by atomic mass is 35.5. The highest BCUT2D eigenvalue weighted by molar-refractivity contribution is 6.33. The van der Waals surface area contributed by atoms with Crippen molar-refractivity contribution in [1.29, 1.82) is 0 Å². The van der Waals surface area contributed by atoms with Crippen molar-refractivity contribution in [2.75, 3.05) is 25.5 Å². The molecule has 2 aromatic rings. The molecule has 0 bridgehead atoms. The molecule has 1 aromatic carbocycles. The molecule has 1 unspecified atom stereocenters. The van der Waals surface area contributed by atoms with E-state index >= 15 is 0 Å². The van der Waals surface area contributed by atoms with Crippen molar-refractivity contribution in [2.45, 2.75) is 19.4 Å². The lowest BCUT2D eigenvalue weighted by Crippen LogP contribution is -2.43. The Labute approximate surface area is 156 Å². The van der Waals surface area contributed by atoms with E-state index in [0.29, 0.717) is 24.7 Å². The fourth-order valence-corrected chi connectivity index (χ4v) is 3.36. The van der Waals surface area contributed by atoms with Gasteiger partial charge in [-0.3, -0.25) is 0 Å². The smallest absolute Gasteiger partial charge is 0.339 e. The Kier molecular flexibility index (Phi) is 5.78. The van der Waals surface area contributed by atoms with E-state index in [0.717, 1.165) is 19.4 Å². The number of methoxy groups -OCH3 is 1. The lowest BCUT2D eigenvalue weighted by atomic mass is 9.98. The molecule has 8 heteroatoms. The largest absolute Gasteiger partial charge is 0.465 e. The molecule has 26 heavy (non-hydrogen) atoms. The van der Waals surface area contributed by atoms with Gasteiger partial charge in [-0.25, -0.2) is 14.6 Å². The summed E-state index contributed by atoms with van der Waals surface area (Å²) in [4.78, 5) is 30.2. The predicted molar refractivity (Wildman–Crippen MR) is 98.3 cm³/mol. The maximum Gasteiger partial charge on any atom is 0.339 e. The summed E-state index contributed by atoms with van der Waals surface area (Å²) in [7, 11) is 1.29. The third-order valence-electron chi connectivity index (χ3n) is 4.46. The zero-order valence-corrected chi connectivity index (χ0v) is 15.3. The lowest BCUT2D eigenvalue weighted by Gasteiger charge is -2.33. The van der Waals surface area contributed by atoms with Gasteiger partial charge in [-0.2, -0.15) is 0 Å². The summed E-state index contributed by atoms with van der Waals surface area (Å²) in [6.07, 6.45) is 7.52. The van der Waals surface area contributed by atoms with Gasteiger partial charge < -0.3 is 19.5 Å². The highest BCUT2D eigenvalue weighted by Crippen LogP contribution is 2.23. The molecule has 0 spiro atoms. The van der Waals surface area contributed by atoms with Crippen molar-refractivity contribution in [3.05, 3.63) is 47.5 Å². The van der Waals surface area contributed by atoms with E-state index in [1.54, 1.807) is 29.6 Å². The van der Waals surface area contributed by atoms with Crippen molar-refractivity contribution in [3.63, 3.8) is 0 Å². The number of benzene rings is 1. The molecule has 1 aliphatic heterocycles. The van der Waals surface area contributed by atoms with E-state index in [1.165, 1.54) is 13.2 Å². The number of carbonyl (C=O) groups excluding carboxylic acids is 2. The van der Waals surface area contributed by atoms with Gasteiger partial charge in [0.1, 0.15) is 0 Å². The van der Waals surface area contributed by atoms with Crippen LogP contribution in [0.2, 0.25) is 5.02 Å². The van der Waals surface area contributed by atoms with Crippen molar-refractivity contribution in [3.8, 4) is 0 Å². The number of rotatable bonds is 4. The number of hydrogen-bond acceptors (Lipinski definition) is 4. The molecule has 3 rings (SSSR count). The topological polar surface area (TPSA) is 76.5 Å². The van der Waals surface area contributed by atoms with Crippen LogP contribution in [-0.4, -0.2) is 46.7 Å². The first-order valence-corrected chi connectivity index (χ1v) is 8.84. The van der Waals surface area contributed by atoms with E-state index in [9.17, 15) is 9.59 Å². The first-order valence-electron chi connectivity index (χ1n) is 8.46. The number of hydrogen-bond donors (Lipinski definition) is 1. The Hall–Kier alpha value is -2.54. The average molecular weight is 377 g/mol. The molecule has 1 N–H and O–H groups in total. The van der Waals surface area contributed by atoms with E-state index in [-0.39, 0.29) is 16.6 Å². The monoisotopic (exact) mass is 376 g/mol. The lowest BCUT2D eigenvalue weighted by molar-refractivity contribution is 0.0601. The number of carbonyl (C=O) groups is 2. The molecular formula is C18H21ClN4O3. The second-order valence-electron chi connectivity index (χ2n) is 6.33. The molecule has 1 atom stereocenters. The average Bonchev–Trinajstić information content (AvgIpc) is 3.16. The summed E-state index contributed by atoms with van der Waals surface area (Å²) in [6, 6.07) is 4.58. The predicted octanol–water partition coefficient (Wildman–Crippen LogP) is 3.27. The van der Waals surface area contributed by atoms with Crippen LogP contribution in [0.5, 0.6) is 0 Å². The fourth-order valence-electron chi connectivity index (χ4n) is 3.16. The summed E-state index contributed by atoms with van der Waals surface area (Å²) < 4.78 is 6.74. The molecule has 1 aliphatic rings. The number of esters is 1. The van der Waals surface area contributed by atoms with Crippen LogP contribution in [0.15, 0.2) is 36.9 Å². The molecule has 2 heterocycles. The van der Waals surface area contributed by atoms with Gasteiger partial charge >= 0.3 is 12.0 Å². The van der Waals surface area contributed by atoms with Crippen LogP contribution >= 0.6 is 11.6 Å². The van der Waals surface area contributed by atoms with Crippen molar-refractivity contribution >= 4 is 29.3 Å². The summed E-state index contributed by atoms with van der Waals surface area (Å²) >= 11 is 6.01. The highest BCUT2D eigenvalue weighted by Gasteiger charge is 2.24. The fraction of sp³-hybridized carbons (Fsp3) is 0.389. The molecule has 0 aliphatic carbocycles. The molecule has 7 nitrogen and oxygen atoms in total. The second kappa shape index (κ2) is 8.23. The summed E-state index contributed by atoms with van der Waals surface area (Å²) in [6.45, 7) is 2.24. The summed E-state index contributed by atoms with van der Waals surface area (Å²) in [5.74, 6) is -0.149. The van der Waals surface area contributed by atoms with Crippen LogP contribution in [-0.2, 0) is 11.3 Å². The van der Waals surface area contributed by atoms with Gasteiger partial charge in [-0.1, -0.05) is 11.6 Å².